The fourth-order valence-electron chi connectivity index (χ4n) is 3.63. The maximum absolute atomic E-state index is 12.6. The van der Waals surface area contributed by atoms with Gasteiger partial charge in [-0.1, -0.05) is 23.4 Å². The Hall–Kier alpha value is -1.77. The van der Waals surface area contributed by atoms with Crippen molar-refractivity contribution in [3.05, 3.63) is 29.0 Å². The largest absolute Gasteiger partial charge is 0.495 e. The molecule has 1 amide bonds. The summed E-state index contributed by atoms with van der Waals surface area (Å²) in [5.74, 6) is 1.82. The number of likely N-dealkylation sites (tertiary alicyclic amines) is 1. The number of nitrogens with zero attached hydrogens (tertiary/aromatic N) is 4. The van der Waals surface area contributed by atoms with Crippen LogP contribution in [0.4, 0.5) is 5.69 Å². The summed E-state index contributed by atoms with van der Waals surface area (Å²) in [6.45, 7) is 4.98. The summed E-state index contributed by atoms with van der Waals surface area (Å²) in [6, 6.07) is 5.18. The van der Waals surface area contributed by atoms with Gasteiger partial charge in [0.05, 0.1) is 19.3 Å². The molecule has 1 atom stereocenters. The zero-order chi connectivity index (χ0) is 20.1. The molecule has 1 aliphatic heterocycles. The predicted octanol–water partition coefficient (Wildman–Crippen LogP) is 3.50. The van der Waals surface area contributed by atoms with Gasteiger partial charge in [0.25, 0.3) is 0 Å². The van der Waals surface area contributed by atoms with E-state index in [1.54, 1.807) is 37.1 Å². The van der Waals surface area contributed by atoms with Crippen LogP contribution >= 0.6 is 23.4 Å². The average molecular weight is 424 g/mol. The number of aromatic nitrogens is 3. The Morgan fingerprint density at radius 3 is 2.96 bits per heavy atom. The lowest BCUT2D eigenvalue weighted by atomic mass is 9.97. The van der Waals surface area contributed by atoms with E-state index in [0.717, 1.165) is 43.5 Å². The van der Waals surface area contributed by atoms with E-state index in [4.69, 9.17) is 16.3 Å². The van der Waals surface area contributed by atoms with Gasteiger partial charge in [-0.15, -0.1) is 10.2 Å². The molecule has 2 heterocycles. The lowest BCUT2D eigenvalue weighted by Crippen LogP contribution is -2.40. The number of benzene rings is 1. The summed E-state index contributed by atoms with van der Waals surface area (Å²) in [5, 5.41) is 13.1. The Morgan fingerprint density at radius 2 is 2.25 bits per heavy atom. The smallest absolute Gasteiger partial charge is 0.238 e. The highest BCUT2D eigenvalue weighted by Crippen LogP contribution is 2.29. The van der Waals surface area contributed by atoms with Crippen LogP contribution in [0.15, 0.2) is 23.4 Å². The minimum Gasteiger partial charge on any atom is -0.495 e. The van der Waals surface area contributed by atoms with E-state index in [1.165, 1.54) is 0 Å². The zero-order valence-electron chi connectivity index (χ0n) is 16.4. The van der Waals surface area contributed by atoms with E-state index in [-0.39, 0.29) is 11.8 Å². The molecule has 0 spiro atoms. The third kappa shape index (κ3) is 4.79. The van der Waals surface area contributed by atoms with E-state index in [9.17, 15) is 4.79 Å². The maximum Gasteiger partial charge on any atom is 0.238 e. The fourth-order valence-corrected chi connectivity index (χ4v) is 4.37. The molecule has 1 aliphatic rings. The van der Waals surface area contributed by atoms with E-state index in [1.807, 2.05) is 6.26 Å². The first kappa shape index (κ1) is 21.0. The Bertz CT molecular complexity index is 829. The standard InChI is InChI=1S/C19H26ClN5O2S/c1-4-25-18(22-23-19(25)28-3)13-6-5-9-24(11-13)12-17(26)21-15-10-14(20)7-8-16(15)27-2/h7-8,10,13H,4-6,9,11-12H2,1-3H3,(H,21,26)/t13-/m0/s1. The Labute approximate surface area is 174 Å². The van der Waals surface area contributed by atoms with Crippen molar-refractivity contribution in [2.24, 2.45) is 0 Å². The second kappa shape index (κ2) is 9.62. The highest BCUT2D eigenvalue weighted by Gasteiger charge is 2.27. The summed E-state index contributed by atoms with van der Waals surface area (Å²) in [6.07, 6.45) is 4.11. The van der Waals surface area contributed by atoms with Crippen LogP contribution in [0.25, 0.3) is 0 Å². The number of amides is 1. The second-order valence-corrected chi connectivity index (χ2v) is 7.97. The van der Waals surface area contributed by atoms with Crippen LogP contribution in [0.1, 0.15) is 31.5 Å². The van der Waals surface area contributed by atoms with Crippen molar-refractivity contribution < 1.29 is 9.53 Å². The van der Waals surface area contributed by atoms with Gasteiger partial charge in [0.2, 0.25) is 5.91 Å². The van der Waals surface area contributed by atoms with Gasteiger partial charge in [0.1, 0.15) is 11.6 Å². The second-order valence-electron chi connectivity index (χ2n) is 6.76. The first-order valence-corrected chi connectivity index (χ1v) is 11.0. The summed E-state index contributed by atoms with van der Waals surface area (Å²) >= 11 is 7.66. The van der Waals surface area contributed by atoms with Crippen molar-refractivity contribution in [3.8, 4) is 5.75 Å². The van der Waals surface area contributed by atoms with Crippen molar-refractivity contribution in [2.45, 2.75) is 37.4 Å². The van der Waals surface area contributed by atoms with E-state index in [2.05, 4.69) is 31.9 Å². The van der Waals surface area contributed by atoms with Gasteiger partial charge in [-0.3, -0.25) is 9.69 Å². The first-order chi connectivity index (χ1) is 13.5. The Kier molecular flexibility index (Phi) is 7.20. The van der Waals surface area contributed by atoms with Gasteiger partial charge in [-0.25, -0.2) is 0 Å². The number of hydrogen-bond donors (Lipinski definition) is 1. The Balaban J connectivity index is 1.64. The minimum atomic E-state index is -0.0806. The van der Waals surface area contributed by atoms with Gasteiger partial charge < -0.3 is 14.6 Å². The summed E-state index contributed by atoms with van der Waals surface area (Å²) in [7, 11) is 1.57. The molecule has 1 aromatic heterocycles. The molecule has 0 saturated carbocycles. The number of halogens is 1. The van der Waals surface area contributed by atoms with Gasteiger partial charge >= 0.3 is 0 Å². The van der Waals surface area contributed by atoms with E-state index >= 15 is 0 Å². The molecule has 2 aromatic rings. The molecule has 0 unspecified atom stereocenters. The molecule has 1 N–H and O–H groups in total. The number of anilines is 1. The number of hydrogen-bond acceptors (Lipinski definition) is 6. The normalized spacial score (nSPS) is 17.5. The number of thioether (sulfide) groups is 1. The van der Waals surface area contributed by atoms with Crippen LogP contribution in [0.2, 0.25) is 5.02 Å². The third-order valence-electron chi connectivity index (χ3n) is 4.92. The number of piperidine rings is 1. The van der Waals surface area contributed by atoms with Crippen LogP contribution in [-0.2, 0) is 11.3 Å². The summed E-state index contributed by atoms with van der Waals surface area (Å²) in [5.41, 5.74) is 0.587. The van der Waals surface area contributed by atoms with Crippen LogP contribution in [0, 0.1) is 0 Å². The molecule has 1 fully saturated rings. The number of carbonyl (C=O) groups is 1. The third-order valence-corrected chi connectivity index (χ3v) is 5.82. The number of ether oxygens (including phenoxy) is 1. The lowest BCUT2D eigenvalue weighted by molar-refractivity contribution is -0.117. The molecular weight excluding hydrogens is 398 g/mol. The van der Waals surface area contributed by atoms with E-state index < -0.39 is 0 Å². The monoisotopic (exact) mass is 423 g/mol. The SMILES string of the molecule is CCn1c(SC)nnc1[C@H]1CCCN(CC(=O)Nc2cc(Cl)ccc2OC)C1. The fraction of sp³-hybridized carbons (Fsp3) is 0.526. The first-order valence-electron chi connectivity index (χ1n) is 9.38. The van der Waals surface area contributed by atoms with Gasteiger partial charge in [0.15, 0.2) is 5.16 Å². The minimum absolute atomic E-state index is 0.0806. The Morgan fingerprint density at radius 1 is 1.43 bits per heavy atom. The molecular formula is C19H26ClN5O2S. The molecule has 152 valence electrons. The molecule has 0 bridgehead atoms. The quantitative estimate of drug-likeness (QED) is 0.687. The highest BCUT2D eigenvalue weighted by atomic mass is 35.5. The summed E-state index contributed by atoms with van der Waals surface area (Å²) in [4.78, 5) is 14.8. The van der Waals surface area contributed by atoms with Crippen molar-refractivity contribution in [1.29, 1.82) is 0 Å². The van der Waals surface area contributed by atoms with Crippen molar-refractivity contribution in [2.75, 3.05) is 38.3 Å². The number of nitrogens with one attached hydrogen (secondary N) is 1. The van der Waals surface area contributed by atoms with Crippen LogP contribution in [-0.4, -0.2) is 58.6 Å². The molecule has 1 saturated heterocycles. The molecule has 1 aromatic carbocycles. The molecule has 9 heteroatoms. The highest BCUT2D eigenvalue weighted by molar-refractivity contribution is 7.98. The predicted molar refractivity (Wildman–Crippen MR) is 113 cm³/mol. The van der Waals surface area contributed by atoms with Crippen molar-refractivity contribution >= 4 is 35.0 Å². The molecule has 3 rings (SSSR count). The van der Waals surface area contributed by atoms with Gasteiger partial charge in [0, 0.05) is 24.0 Å². The van der Waals surface area contributed by atoms with Crippen LogP contribution in [0.5, 0.6) is 5.75 Å². The molecule has 0 radical (unpaired) electrons. The van der Waals surface area contributed by atoms with Crippen molar-refractivity contribution in [1.82, 2.24) is 19.7 Å². The maximum atomic E-state index is 12.6. The molecule has 7 nitrogen and oxygen atoms in total. The van der Waals surface area contributed by atoms with Gasteiger partial charge in [-0.05, 0) is 50.8 Å². The number of carbonyl (C=O) groups excluding carboxylic acids is 1. The van der Waals surface area contributed by atoms with E-state index in [0.29, 0.717) is 23.0 Å². The number of methoxy groups -OCH3 is 1. The average Bonchev–Trinajstić information content (AvgIpc) is 3.11. The lowest BCUT2D eigenvalue weighted by Gasteiger charge is -2.31. The summed E-state index contributed by atoms with van der Waals surface area (Å²) < 4.78 is 7.47. The zero-order valence-corrected chi connectivity index (χ0v) is 18.0. The van der Waals surface area contributed by atoms with Crippen LogP contribution in [0.3, 0.4) is 0 Å². The van der Waals surface area contributed by atoms with Crippen molar-refractivity contribution in [3.63, 3.8) is 0 Å². The topological polar surface area (TPSA) is 72.3 Å². The molecule has 0 aliphatic carbocycles. The molecule has 28 heavy (non-hydrogen) atoms. The number of rotatable bonds is 7. The van der Waals surface area contributed by atoms with Crippen LogP contribution < -0.4 is 10.1 Å². The van der Waals surface area contributed by atoms with Gasteiger partial charge in [-0.2, -0.15) is 0 Å².